The van der Waals surface area contributed by atoms with Crippen LogP contribution >= 0.6 is 11.3 Å². The molecule has 4 atom stereocenters. The van der Waals surface area contributed by atoms with Gasteiger partial charge in [-0.2, -0.15) is 0 Å². The van der Waals surface area contributed by atoms with Crippen molar-refractivity contribution >= 4 is 43.6 Å². The Morgan fingerprint density at radius 1 is 1.44 bits per heavy atom. The van der Waals surface area contributed by atoms with Gasteiger partial charge in [0.15, 0.2) is 0 Å². The fourth-order valence-corrected chi connectivity index (χ4v) is 6.12. The van der Waals surface area contributed by atoms with E-state index in [1.54, 1.807) is 13.1 Å². The lowest BCUT2D eigenvalue weighted by Gasteiger charge is -2.46. The number of primary sulfonamides is 1. The zero-order valence-corrected chi connectivity index (χ0v) is 15.9. The molecule has 2 aliphatic heterocycles. The Balaban J connectivity index is 1.88. The van der Waals surface area contributed by atoms with E-state index in [2.05, 4.69) is 4.98 Å². The summed E-state index contributed by atoms with van der Waals surface area (Å²) in [6.45, 7) is 3.29. The van der Waals surface area contributed by atoms with Gasteiger partial charge in [-0.25, -0.2) is 23.3 Å². The summed E-state index contributed by atoms with van der Waals surface area (Å²) in [5.74, 6) is -2.69. The average molecular weight is 412 g/mol. The molecule has 2 aromatic rings. The number of aliphatic hydroxyl groups is 1. The Morgan fingerprint density at radius 2 is 2.11 bits per heavy atom. The standard InChI is InChI=1S/C15H16N4O6S2/c1-5-8(7-3-18-4-17-12(14(18)26-7)27(16,24)25)11(15(22)23)19-10(5)9(6(2)20)13(19)21/h3-6,9-10,20H,1-2H3,(H,22,23)(H2,16,24,25)/t5-,6+,9+,10+/m0/s1. The van der Waals surface area contributed by atoms with Crippen molar-refractivity contribution in [1.82, 2.24) is 14.3 Å². The Morgan fingerprint density at radius 3 is 2.67 bits per heavy atom. The van der Waals surface area contributed by atoms with Crippen LogP contribution in [0.5, 0.6) is 0 Å². The molecule has 0 radical (unpaired) electrons. The summed E-state index contributed by atoms with van der Waals surface area (Å²) in [5.41, 5.74) is 0.294. The summed E-state index contributed by atoms with van der Waals surface area (Å²) in [4.78, 5) is 30.0. The highest BCUT2D eigenvalue weighted by atomic mass is 32.2. The third-order valence-corrected chi connectivity index (χ3v) is 7.20. The molecule has 0 saturated carbocycles. The molecule has 0 aromatic carbocycles. The molecule has 1 amide bonds. The number of hydrogen-bond donors (Lipinski definition) is 3. The Hall–Kier alpha value is -2.28. The minimum absolute atomic E-state index is 0.135. The third-order valence-electron chi connectivity index (χ3n) is 5.09. The summed E-state index contributed by atoms with van der Waals surface area (Å²) in [6, 6.07) is -0.448. The monoisotopic (exact) mass is 412 g/mol. The van der Waals surface area contributed by atoms with Gasteiger partial charge in [-0.3, -0.25) is 9.20 Å². The van der Waals surface area contributed by atoms with E-state index in [1.165, 1.54) is 22.6 Å². The molecule has 27 heavy (non-hydrogen) atoms. The molecule has 12 heteroatoms. The number of nitrogens with two attached hydrogens (primary N) is 1. The molecule has 0 aliphatic carbocycles. The van der Waals surface area contributed by atoms with Crippen molar-refractivity contribution in [3.8, 4) is 0 Å². The van der Waals surface area contributed by atoms with Crippen LogP contribution < -0.4 is 5.14 Å². The van der Waals surface area contributed by atoms with Crippen LogP contribution in [0, 0.1) is 11.8 Å². The van der Waals surface area contributed by atoms with Gasteiger partial charge in [0.2, 0.25) is 10.9 Å². The van der Waals surface area contributed by atoms with Gasteiger partial charge in [-0.05, 0) is 6.92 Å². The van der Waals surface area contributed by atoms with Crippen LogP contribution in [-0.4, -0.2) is 56.9 Å². The van der Waals surface area contributed by atoms with Gasteiger partial charge in [0.25, 0.3) is 10.0 Å². The van der Waals surface area contributed by atoms with E-state index in [0.717, 1.165) is 11.3 Å². The molecule has 0 bridgehead atoms. The fraction of sp³-hybridized carbons (Fsp3) is 0.400. The normalized spacial score (nSPS) is 26.4. The van der Waals surface area contributed by atoms with E-state index in [4.69, 9.17) is 5.14 Å². The van der Waals surface area contributed by atoms with Crippen molar-refractivity contribution in [2.24, 2.45) is 17.0 Å². The maximum atomic E-state index is 12.4. The topological polar surface area (TPSA) is 155 Å². The smallest absolute Gasteiger partial charge is 0.352 e. The average Bonchev–Trinajstić information content (AvgIpc) is 3.15. The number of hydrogen-bond acceptors (Lipinski definition) is 7. The molecule has 144 valence electrons. The van der Waals surface area contributed by atoms with Crippen LogP contribution in [0.2, 0.25) is 0 Å². The highest BCUT2D eigenvalue weighted by Gasteiger charge is 2.60. The number of carbonyl (C=O) groups excluding carboxylic acids is 1. The van der Waals surface area contributed by atoms with Gasteiger partial charge in [-0.1, -0.05) is 6.92 Å². The van der Waals surface area contributed by atoms with Crippen molar-refractivity contribution in [2.45, 2.75) is 31.0 Å². The van der Waals surface area contributed by atoms with Crippen LogP contribution in [-0.2, 0) is 19.6 Å². The lowest BCUT2D eigenvalue weighted by molar-refractivity contribution is -0.163. The molecule has 2 aromatic heterocycles. The minimum Gasteiger partial charge on any atom is -0.477 e. The maximum absolute atomic E-state index is 12.4. The summed E-state index contributed by atoms with van der Waals surface area (Å²) < 4.78 is 24.8. The van der Waals surface area contributed by atoms with E-state index in [1.807, 2.05) is 0 Å². The number of thiazole rings is 1. The Bertz CT molecular complexity index is 1130. The van der Waals surface area contributed by atoms with Gasteiger partial charge in [0, 0.05) is 17.7 Å². The molecule has 4 heterocycles. The van der Waals surface area contributed by atoms with Crippen molar-refractivity contribution in [3.63, 3.8) is 0 Å². The molecular formula is C15H16N4O6S2. The first-order valence-corrected chi connectivity index (χ1v) is 10.4. The van der Waals surface area contributed by atoms with E-state index < -0.39 is 40.0 Å². The Labute approximate surface area is 157 Å². The number of sulfonamides is 1. The van der Waals surface area contributed by atoms with Gasteiger partial charge in [0.1, 0.15) is 16.9 Å². The van der Waals surface area contributed by atoms with E-state index in [-0.39, 0.29) is 21.5 Å². The SMILES string of the molecule is C[C@@H](O)[C@H]1C(=O)N2C(C(=O)O)=C(c3cn4cnc(S(N)(=O)=O)c4s3)[C@H](C)[C@H]12. The van der Waals surface area contributed by atoms with Crippen molar-refractivity contribution in [3.05, 3.63) is 23.1 Å². The van der Waals surface area contributed by atoms with Gasteiger partial charge in [0.05, 0.1) is 22.9 Å². The molecule has 10 nitrogen and oxygen atoms in total. The molecule has 1 fully saturated rings. The number of fused-ring (bicyclic) bond motifs is 2. The first-order chi connectivity index (χ1) is 12.5. The van der Waals surface area contributed by atoms with Crippen molar-refractivity contribution < 1.29 is 28.2 Å². The summed E-state index contributed by atoms with van der Waals surface area (Å²) in [6.07, 6.45) is 1.96. The van der Waals surface area contributed by atoms with Gasteiger partial charge in [-0.15, -0.1) is 11.3 Å². The second-order valence-electron chi connectivity index (χ2n) is 6.72. The first kappa shape index (κ1) is 18.1. The molecule has 0 unspecified atom stereocenters. The number of imidazole rings is 1. The van der Waals surface area contributed by atoms with Crippen LogP contribution in [0.25, 0.3) is 10.4 Å². The predicted molar refractivity (Wildman–Crippen MR) is 94.0 cm³/mol. The number of nitrogens with zero attached hydrogens (tertiary/aromatic N) is 3. The number of amides is 1. The highest BCUT2D eigenvalue weighted by molar-refractivity contribution is 7.89. The van der Waals surface area contributed by atoms with E-state index in [0.29, 0.717) is 10.5 Å². The zero-order chi connectivity index (χ0) is 19.8. The largest absolute Gasteiger partial charge is 0.477 e. The number of aromatic nitrogens is 2. The van der Waals surface area contributed by atoms with Crippen LogP contribution in [0.1, 0.15) is 18.7 Å². The number of aliphatic hydroxyl groups excluding tert-OH is 1. The number of carboxylic acids is 1. The van der Waals surface area contributed by atoms with Gasteiger partial charge < -0.3 is 15.1 Å². The molecule has 4 N–H and O–H groups in total. The molecule has 0 spiro atoms. The van der Waals surface area contributed by atoms with E-state index in [9.17, 15) is 28.2 Å². The molecule has 2 aliphatic rings. The van der Waals surface area contributed by atoms with Gasteiger partial charge >= 0.3 is 5.97 Å². The lowest BCUT2D eigenvalue weighted by Crippen LogP contribution is -2.63. The number of β-lactam (4-membered cyclic amide) rings is 1. The summed E-state index contributed by atoms with van der Waals surface area (Å²) >= 11 is 1.04. The van der Waals surface area contributed by atoms with Crippen molar-refractivity contribution in [1.29, 1.82) is 0 Å². The third kappa shape index (κ3) is 2.37. The van der Waals surface area contributed by atoms with Crippen LogP contribution in [0.4, 0.5) is 0 Å². The van der Waals surface area contributed by atoms with Crippen molar-refractivity contribution in [2.75, 3.05) is 0 Å². The molecular weight excluding hydrogens is 396 g/mol. The lowest BCUT2D eigenvalue weighted by atomic mass is 9.77. The maximum Gasteiger partial charge on any atom is 0.352 e. The minimum atomic E-state index is -4.03. The van der Waals surface area contributed by atoms with Crippen LogP contribution in [0.15, 0.2) is 23.2 Å². The van der Waals surface area contributed by atoms with Crippen LogP contribution in [0.3, 0.4) is 0 Å². The fourth-order valence-electron chi connectivity index (χ4n) is 3.99. The Kier molecular flexibility index (Phi) is 3.76. The quantitative estimate of drug-likeness (QED) is 0.582. The summed E-state index contributed by atoms with van der Waals surface area (Å²) in [7, 11) is -4.03. The molecule has 4 rings (SSSR count). The zero-order valence-electron chi connectivity index (χ0n) is 14.2. The highest BCUT2D eigenvalue weighted by Crippen LogP contribution is 2.51. The number of carboxylic acid groups (broad SMARTS) is 1. The molecule has 1 saturated heterocycles. The van der Waals surface area contributed by atoms with E-state index >= 15 is 0 Å². The second-order valence-corrected chi connectivity index (χ2v) is 9.23. The first-order valence-electron chi connectivity index (χ1n) is 8.02. The predicted octanol–water partition coefficient (Wildman–Crippen LogP) is -0.304. The summed E-state index contributed by atoms with van der Waals surface area (Å²) in [5, 5.41) is 24.5. The number of aliphatic carboxylic acids is 1. The second kappa shape index (κ2) is 5.61. The number of rotatable bonds is 4. The number of carbonyl (C=O) groups is 2.